The molecule has 144 valence electrons. The number of amides is 1. The van der Waals surface area contributed by atoms with E-state index in [2.05, 4.69) is 22.2 Å². The molecule has 2 aliphatic rings. The van der Waals surface area contributed by atoms with Gasteiger partial charge in [-0.05, 0) is 44.9 Å². The Morgan fingerprint density at radius 2 is 1.96 bits per heavy atom. The largest absolute Gasteiger partial charge is 0.378 e. The summed E-state index contributed by atoms with van der Waals surface area (Å²) in [6.45, 7) is 6.85. The molecular weight excluding hydrogens is 332 g/mol. The number of aromatic nitrogens is 2. The molecule has 7 nitrogen and oxygen atoms in total. The van der Waals surface area contributed by atoms with Gasteiger partial charge in [-0.15, -0.1) is 0 Å². The minimum Gasteiger partial charge on any atom is -0.378 e. The lowest BCUT2D eigenvalue weighted by molar-refractivity contribution is -0.122. The van der Waals surface area contributed by atoms with E-state index in [-0.39, 0.29) is 11.5 Å². The van der Waals surface area contributed by atoms with E-state index in [1.165, 1.54) is 12.8 Å². The summed E-state index contributed by atoms with van der Waals surface area (Å²) in [5, 5.41) is 3.12. The fraction of sp³-hybridized carbons (Fsp3) is 0.737. The average molecular weight is 362 g/mol. The number of H-pyrrole nitrogens is 1. The molecule has 0 spiro atoms. The van der Waals surface area contributed by atoms with Crippen molar-refractivity contribution in [1.29, 1.82) is 0 Å². The molecule has 1 saturated heterocycles. The molecule has 2 N–H and O–H groups in total. The van der Waals surface area contributed by atoms with Crippen molar-refractivity contribution in [2.45, 2.75) is 58.4 Å². The molecule has 3 rings (SSSR count). The van der Waals surface area contributed by atoms with Crippen LogP contribution in [-0.4, -0.2) is 48.2 Å². The summed E-state index contributed by atoms with van der Waals surface area (Å²) in [6, 6.07) is 0.292. The molecule has 0 unspecified atom stereocenters. The number of aryl methyl sites for hydroxylation is 1. The summed E-state index contributed by atoms with van der Waals surface area (Å²) >= 11 is 0. The molecule has 0 aromatic carbocycles. The van der Waals surface area contributed by atoms with Crippen molar-refractivity contribution in [2.24, 2.45) is 5.92 Å². The van der Waals surface area contributed by atoms with Gasteiger partial charge in [0.2, 0.25) is 11.9 Å². The van der Waals surface area contributed by atoms with E-state index >= 15 is 0 Å². The third kappa shape index (κ3) is 4.84. The molecule has 0 radical (unpaired) electrons. The van der Waals surface area contributed by atoms with Gasteiger partial charge >= 0.3 is 0 Å². The minimum absolute atomic E-state index is 0.0283. The Morgan fingerprint density at radius 3 is 2.62 bits per heavy atom. The molecule has 0 bridgehead atoms. The maximum Gasteiger partial charge on any atom is 0.255 e. The molecule has 1 saturated carbocycles. The summed E-state index contributed by atoms with van der Waals surface area (Å²) in [5.41, 5.74) is 1.17. The molecule has 1 aromatic heterocycles. The van der Waals surface area contributed by atoms with Gasteiger partial charge in [0, 0.05) is 36.8 Å². The van der Waals surface area contributed by atoms with Crippen LogP contribution in [0.25, 0.3) is 0 Å². The van der Waals surface area contributed by atoms with Crippen molar-refractivity contribution in [1.82, 2.24) is 15.3 Å². The van der Waals surface area contributed by atoms with Gasteiger partial charge in [-0.1, -0.05) is 6.92 Å². The average Bonchev–Trinajstić information content (AvgIpc) is 2.63. The third-order valence-corrected chi connectivity index (χ3v) is 5.50. The van der Waals surface area contributed by atoms with Crippen LogP contribution >= 0.6 is 0 Å². The van der Waals surface area contributed by atoms with Crippen LogP contribution in [0.1, 0.15) is 50.3 Å². The second-order valence-corrected chi connectivity index (χ2v) is 7.58. The first-order valence-electron chi connectivity index (χ1n) is 9.74. The predicted octanol–water partition coefficient (Wildman–Crippen LogP) is 1.54. The van der Waals surface area contributed by atoms with E-state index in [4.69, 9.17) is 4.74 Å². The Balaban J connectivity index is 1.55. The first-order chi connectivity index (χ1) is 12.5. The summed E-state index contributed by atoms with van der Waals surface area (Å²) in [6.07, 6.45) is 5.22. The fourth-order valence-electron chi connectivity index (χ4n) is 3.76. The van der Waals surface area contributed by atoms with E-state index in [9.17, 15) is 9.59 Å². The Bertz CT molecular complexity index is 674. The summed E-state index contributed by atoms with van der Waals surface area (Å²) in [7, 11) is 0. The number of rotatable bonds is 5. The second-order valence-electron chi connectivity index (χ2n) is 7.58. The molecule has 7 heteroatoms. The number of hydrogen-bond donors (Lipinski definition) is 2. The topological polar surface area (TPSA) is 87.3 Å². The van der Waals surface area contributed by atoms with Crippen LogP contribution in [-0.2, 0) is 16.0 Å². The number of carbonyl (C=O) groups is 1. The smallest absolute Gasteiger partial charge is 0.255 e. The van der Waals surface area contributed by atoms with Crippen molar-refractivity contribution in [3.05, 3.63) is 21.6 Å². The van der Waals surface area contributed by atoms with E-state index in [0.717, 1.165) is 31.8 Å². The van der Waals surface area contributed by atoms with Crippen LogP contribution in [0.15, 0.2) is 4.79 Å². The number of morpholine rings is 1. The zero-order valence-corrected chi connectivity index (χ0v) is 15.8. The maximum atomic E-state index is 12.5. The quantitative estimate of drug-likeness (QED) is 0.830. The monoisotopic (exact) mass is 362 g/mol. The summed E-state index contributed by atoms with van der Waals surface area (Å²) in [4.78, 5) is 34.1. The van der Waals surface area contributed by atoms with Crippen molar-refractivity contribution in [3.8, 4) is 0 Å². The molecule has 2 heterocycles. The number of nitrogens with zero attached hydrogens (tertiary/aromatic N) is 2. The molecule has 0 atom stereocenters. The number of anilines is 1. The highest BCUT2D eigenvalue weighted by Gasteiger charge is 2.20. The predicted molar refractivity (Wildman–Crippen MR) is 101 cm³/mol. The van der Waals surface area contributed by atoms with Crippen LogP contribution in [0.2, 0.25) is 0 Å². The van der Waals surface area contributed by atoms with E-state index in [0.29, 0.717) is 49.3 Å². The second kappa shape index (κ2) is 8.66. The van der Waals surface area contributed by atoms with Gasteiger partial charge in [-0.2, -0.15) is 0 Å². The standard InChI is InChI=1S/C19H30N4O3/c1-13-3-5-15(6-4-13)21-17(24)8-7-16-14(2)20-19(22-18(16)25)23-9-11-26-12-10-23/h13,15H,3-12H2,1-2H3,(H,21,24)(H,20,22,25). The van der Waals surface area contributed by atoms with Crippen LogP contribution in [0.4, 0.5) is 5.95 Å². The van der Waals surface area contributed by atoms with Crippen molar-refractivity contribution < 1.29 is 9.53 Å². The highest BCUT2D eigenvalue weighted by molar-refractivity contribution is 5.76. The lowest BCUT2D eigenvalue weighted by atomic mass is 9.87. The Hall–Kier alpha value is -1.89. The fourth-order valence-corrected chi connectivity index (χ4v) is 3.76. The van der Waals surface area contributed by atoms with Gasteiger partial charge in [0.15, 0.2) is 0 Å². The Morgan fingerprint density at radius 1 is 1.27 bits per heavy atom. The summed E-state index contributed by atoms with van der Waals surface area (Å²) in [5.74, 6) is 1.39. The summed E-state index contributed by atoms with van der Waals surface area (Å²) < 4.78 is 5.33. The van der Waals surface area contributed by atoms with E-state index in [1.54, 1.807) is 0 Å². The maximum absolute atomic E-state index is 12.5. The van der Waals surface area contributed by atoms with Crippen molar-refractivity contribution >= 4 is 11.9 Å². The van der Waals surface area contributed by atoms with Crippen LogP contribution in [0.5, 0.6) is 0 Å². The number of hydrogen-bond acceptors (Lipinski definition) is 5. The van der Waals surface area contributed by atoms with E-state index in [1.807, 2.05) is 11.8 Å². The molecule has 1 aliphatic heterocycles. The first kappa shape index (κ1) is 18.9. The molecule has 2 fully saturated rings. The molecule has 1 aromatic rings. The Kier molecular flexibility index (Phi) is 6.29. The van der Waals surface area contributed by atoms with Crippen LogP contribution < -0.4 is 15.8 Å². The third-order valence-electron chi connectivity index (χ3n) is 5.50. The lowest BCUT2D eigenvalue weighted by Gasteiger charge is -2.27. The number of carbonyl (C=O) groups excluding carboxylic acids is 1. The zero-order valence-electron chi connectivity index (χ0n) is 15.8. The Labute approximate surface area is 154 Å². The van der Waals surface area contributed by atoms with Gasteiger partial charge in [0.1, 0.15) is 0 Å². The van der Waals surface area contributed by atoms with Crippen molar-refractivity contribution in [2.75, 3.05) is 31.2 Å². The van der Waals surface area contributed by atoms with Gasteiger partial charge in [0.05, 0.1) is 13.2 Å². The SMILES string of the molecule is Cc1nc(N2CCOCC2)[nH]c(=O)c1CCC(=O)NC1CCC(C)CC1. The van der Waals surface area contributed by atoms with Gasteiger partial charge in [-0.3, -0.25) is 14.6 Å². The van der Waals surface area contributed by atoms with Gasteiger partial charge in [0.25, 0.3) is 5.56 Å². The van der Waals surface area contributed by atoms with Crippen LogP contribution in [0, 0.1) is 12.8 Å². The number of ether oxygens (including phenoxy) is 1. The van der Waals surface area contributed by atoms with Gasteiger partial charge in [-0.25, -0.2) is 4.98 Å². The molecule has 26 heavy (non-hydrogen) atoms. The zero-order chi connectivity index (χ0) is 18.5. The van der Waals surface area contributed by atoms with E-state index < -0.39 is 0 Å². The highest BCUT2D eigenvalue weighted by atomic mass is 16.5. The number of nitrogens with one attached hydrogen (secondary N) is 2. The first-order valence-corrected chi connectivity index (χ1v) is 9.74. The minimum atomic E-state index is -0.140. The molecule has 1 aliphatic carbocycles. The van der Waals surface area contributed by atoms with Gasteiger partial charge < -0.3 is 15.0 Å². The van der Waals surface area contributed by atoms with Crippen LogP contribution in [0.3, 0.4) is 0 Å². The molecule has 1 amide bonds. The van der Waals surface area contributed by atoms with Crippen molar-refractivity contribution in [3.63, 3.8) is 0 Å². The highest BCUT2D eigenvalue weighted by Crippen LogP contribution is 2.23. The normalized spacial score (nSPS) is 23.7. The lowest BCUT2D eigenvalue weighted by Crippen LogP contribution is -2.39. The molecular formula is C19H30N4O3. The number of aromatic amines is 1.